The Morgan fingerprint density at radius 1 is 1.05 bits per heavy atom. The fourth-order valence-corrected chi connectivity index (χ4v) is 1.71. The van der Waals surface area contributed by atoms with E-state index < -0.39 is 48.9 Å². The van der Waals surface area contributed by atoms with Crippen molar-refractivity contribution in [3.63, 3.8) is 0 Å². The van der Waals surface area contributed by atoms with E-state index in [1.165, 1.54) is 0 Å². The summed E-state index contributed by atoms with van der Waals surface area (Å²) in [5.41, 5.74) is -3.44. The van der Waals surface area contributed by atoms with Gasteiger partial charge in [0.25, 0.3) is 0 Å². The molecule has 0 aromatic rings. The quantitative estimate of drug-likeness (QED) is 0.454. The molecular weight excluding hydrogens is 285 g/mol. The molecule has 9 heteroatoms. The van der Waals surface area contributed by atoms with Gasteiger partial charge in [-0.15, -0.1) is 0 Å². The van der Waals surface area contributed by atoms with Crippen LogP contribution in [0.1, 0.15) is 12.8 Å². The van der Waals surface area contributed by atoms with Crippen LogP contribution in [-0.4, -0.2) is 36.0 Å². The second-order valence-corrected chi connectivity index (χ2v) is 4.30. The normalized spacial score (nSPS) is 26.5. The Morgan fingerprint density at radius 2 is 1.47 bits per heavy atom. The van der Waals surface area contributed by atoms with Crippen LogP contribution in [-0.2, 0) is 9.53 Å². The maximum atomic E-state index is 13.8. The third-order valence-corrected chi connectivity index (χ3v) is 2.64. The topological polar surface area (TPSA) is 26.3 Å². The van der Waals surface area contributed by atoms with Gasteiger partial charge in [0.2, 0.25) is 0 Å². The average molecular weight is 294 g/mol. The van der Waals surface area contributed by atoms with Crippen LogP contribution in [0, 0.1) is 0 Å². The maximum absolute atomic E-state index is 13.8. The molecule has 1 fully saturated rings. The van der Waals surface area contributed by atoms with Crippen molar-refractivity contribution in [2.75, 3.05) is 6.61 Å². The van der Waals surface area contributed by atoms with Crippen molar-refractivity contribution in [2.24, 2.45) is 0 Å². The highest BCUT2D eigenvalue weighted by Crippen LogP contribution is 2.57. The van der Waals surface area contributed by atoms with Gasteiger partial charge in [0, 0.05) is 6.08 Å². The summed E-state index contributed by atoms with van der Waals surface area (Å²) >= 11 is 0. The number of alkyl halides is 7. The van der Waals surface area contributed by atoms with Gasteiger partial charge in [0.05, 0.1) is 12.8 Å². The zero-order valence-electron chi connectivity index (χ0n) is 9.37. The van der Waals surface area contributed by atoms with Gasteiger partial charge >= 0.3 is 23.7 Å². The average Bonchev–Trinajstić information content (AvgIpc) is 2.22. The molecule has 0 aromatic heterocycles. The van der Waals surface area contributed by atoms with Crippen molar-refractivity contribution in [1.82, 2.24) is 0 Å². The van der Waals surface area contributed by atoms with E-state index in [4.69, 9.17) is 0 Å². The van der Waals surface area contributed by atoms with E-state index in [1.807, 2.05) is 0 Å². The molecule has 0 saturated heterocycles. The molecule has 1 saturated carbocycles. The molecule has 0 bridgehead atoms. The summed E-state index contributed by atoms with van der Waals surface area (Å²) in [5.74, 6) is -17.4. The van der Waals surface area contributed by atoms with Gasteiger partial charge in [0.1, 0.15) is 6.61 Å². The summed E-state index contributed by atoms with van der Waals surface area (Å²) in [6.07, 6.45) is -3.77. The Hall–Kier alpha value is -1.28. The molecule has 0 aromatic carbocycles. The first kappa shape index (κ1) is 15.8. The highest BCUT2D eigenvalue weighted by Gasteiger charge is 2.78. The highest BCUT2D eigenvalue weighted by molar-refractivity contribution is 5.81. The lowest BCUT2D eigenvalue weighted by atomic mass is 9.79. The number of rotatable bonds is 3. The minimum absolute atomic E-state index is 0.553. The van der Waals surface area contributed by atoms with E-state index in [-0.39, 0.29) is 0 Å². The first-order valence-corrected chi connectivity index (χ1v) is 4.98. The van der Waals surface area contributed by atoms with E-state index in [2.05, 4.69) is 11.3 Å². The van der Waals surface area contributed by atoms with Gasteiger partial charge in [-0.3, -0.25) is 0 Å². The molecule has 1 aliphatic carbocycles. The lowest BCUT2D eigenvalue weighted by molar-refractivity contribution is -0.351. The molecule has 0 spiro atoms. The van der Waals surface area contributed by atoms with E-state index >= 15 is 0 Å². The van der Waals surface area contributed by atoms with Crippen LogP contribution in [0.4, 0.5) is 30.7 Å². The predicted molar refractivity (Wildman–Crippen MR) is 49.1 cm³/mol. The van der Waals surface area contributed by atoms with Crippen LogP contribution in [0.15, 0.2) is 12.7 Å². The smallest absolute Gasteiger partial charge is 0.372 e. The van der Waals surface area contributed by atoms with Crippen LogP contribution in [0.25, 0.3) is 0 Å². The third kappa shape index (κ3) is 2.69. The molecular formula is C10H9F7O2. The molecule has 0 atom stereocenters. The fourth-order valence-electron chi connectivity index (χ4n) is 1.71. The molecule has 0 heterocycles. The highest BCUT2D eigenvalue weighted by atomic mass is 19.3. The number of carbonyl (C=O) groups excluding carboxylic acids is 1. The molecule has 0 unspecified atom stereocenters. The van der Waals surface area contributed by atoms with Gasteiger partial charge in [-0.1, -0.05) is 6.58 Å². The van der Waals surface area contributed by atoms with Gasteiger partial charge in [-0.05, 0) is 0 Å². The molecule has 1 rings (SSSR count). The number of hydrogen-bond acceptors (Lipinski definition) is 2. The first-order chi connectivity index (χ1) is 8.37. The van der Waals surface area contributed by atoms with Crippen molar-refractivity contribution >= 4 is 5.97 Å². The maximum Gasteiger partial charge on any atom is 0.372 e. The largest absolute Gasteiger partial charge is 0.459 e. The molecule has 0 aliphatic heterocycles. The van der Waals surface area contributed by atoms with Crippen LogP contribution in [0.2, 0.25) is 0 Å². The Labute approximate surface area is 103 Å². The van der Waals surface area contributed by atoms with Crippen LogP contribution < -0.4 is 0 Å². The van der Waals surface area contributed by atoms with E-state index in [9.17, 15) is 35.5 Å². The van der Waals surface area contributed by atoms with Crippen LogP contribution >= 0.6 is 0 Å². The van der Waals surface area contributed by atoms with E-state index in [0.29, 0.717) is 6.08 Å². The van der Waals surface area contributed by atoms with Crippen LogP contribution in [0.5, 0.6) is 0 Å². The number of ether oxygens (including phenoxy) is 1. The predicted octanol–water partition coefficient (Wildman–Crippen LogP) is 3.12. The lowest BCUT2D eigenvalue weighted by Crippen LogP contribution is -2.64. The molecule has 2 nitrogen and oxygen atoms in total. The van der Waals surface area contributed by atoms with Gasteiger partial charge in [-0.2, -0.15) is 26.3 Å². The Bertz CT molecular complexity index is 371. The van der Waals surface area contributed by atoms with Gasteiger partial charge in [0.15, 0.2) is 5.67 Å². The molecule has 1 aliphatic rings. The summed E-state index contributed by atoms with van der Waals surface area (Å²) in [6, 6.07) is 0. The van der Waals surface area contributed by atoms with Crippen molar-refractivity contribution in [1.29, 1.82) is 0 Å². The Balaban J connectivity index is 2.95. The number of halogens is 7. The monoisotopic (exact) mass is 294 g/mol. The summed E-state index contributed by atoms with van der Waals surface area (Å²) in [6.45, 7) is 1.44. The van der Waals surface area contributed by atoms with Gasteiger partial charge < -0.3 is 4.74 Å². The van der Waals surface area contributed by atoms with Crippen molar-refractivity contribution < 1.29 is 40.3 Å². The van der Waals surface area contributed by atoms with Gasteiger partial charge in [-0.25, -0.2) is 9.18 Å². The third-order valence-electron chi connectivity index (χ3n) is 2.64. The zero-order chi connectivity index (χ0) is 15.1. The summed E-state index contributed by atoms with van der Waals surface area (Å²) in [5, 5.41) is 0. The standard InChI is InChI=1S/C10H9F7O2/c1-2-6(18)19-5-7(11)3-8(12,13)10(16,17)9(14,15)4-7/h2H,1,3-5H2. The molecule has 110 valence electrons. The SMILES string of the molecule is C=CC(=O)OCC1(F)CC(F)(F)C(F)(F)C(F)(F)C1. The molecule has 19 heavy (non-hydrogen) atoms. The number of esters is 1. The second-order valence-electron chi connectivity index (χ2n) is 4.30. The molecule has 0 amide bonds. The number of carbonyl (C=O) groups is 1. The minimum atomic E-state index is -5.65. The Kier molecular flexibility index (Phi) is 3.64. The summed E-state index contributed by atoms with van der Waals surface area (Å²) < 4.78 is 95.2. The molecule has 0 N–H and O–H groups in total. The second kappa shape index (κ2) is 4.38. The van der Waals surface area contributed by atoms with E-state index in [1.54, 1.807) is 0 Å². The minimum Gasteiger partial charge on any atom is -0.459 e. The van der Waals surface area contributed by atoms with E-state index in [0.717, 1.165) is 0 Å². The summed E-state index contributed by atoms with van der Waals surface area (Å²) in [4.78, 5) is 10.6. The number of hydrogen-bond donors (Lipinski definition) is 0. The molecule has 0 radical (unpaired) electrons. The summed E-state index contributed by atoms with van der Waals surface area (Å²) in [7, 11) is 0. The zero-order valence-corrected chi connectivity index (χ0v) is 9.37. The van der Waals surface area contributed by atoms with Crippen LogP contribution in [0.3, 0.4) is 0 Å². The van der Waals surface area contributed by atoms with Crippen molar-refractivity contribution in [2.45, 2.75) is 36.3 Å². The Morgan fingerprint density at radius 3 is 1.84 bits per heavy atom. The first-order valence-electron chi connectivity index (χ1n) is 4.98. The fraction of sp³-hybridized carbons (Fsp3) is 0.700. The van der Waals surface area contributed by atoms with Crippen molar-refractivity contribution in [3.05, 3.63) is 12.7 Å². The van der Waals surface area contributed by atoms with Crippen molar-refractivity contribution in [3.8, 4) is 0 Å². The lowest BCUT2D eigenvalue weighted by Gasteiger charge is -2.43.